The van der Waals surface area contributed by atoms with Crippen LogP contribution in [0.15, 0.2) is 18.2 Å². The van der Waals surface area contributed by atoms with Gasteiger partial charge in [0.25, 0.3) is 0 Å². The van der Waals surface area contributed by atoms with E-state index in [0.29, 0.717) is 12.0 Å². The van der Waals surface area contributed by atoms with Gasteiger partial charge in [-0.1, -0.05) is 30.7 Å². The number of hydrogen-bond donors (Lipinski definition) is 0. The monoisotopic (exact) mass is 176 g/mol. The Balaban J connectivity index is 2.44. The van der Waals surface area contributed by atoms with Crippen LogP contribution in [0.3, 0.4) is 0 Å². The minimum Gasteiger partial charge on any atom is -0.373 e. The van der Waals surface area contributed by atoms with Crippen molar-refractivity contribution in [3.63, 3.8) is 0 Å². The van der Waals surface area contributed by atoms with Crippen molar-refractivity contribution in [1.82, 2.24) is 0 Å². The zero-order valence-corrected chi connectivity index (χ0v) is 8.50. The average molecular weight is 176 g/mol. The van der Waals surface area contributed by atoms with Crippen LogP contribution in [-0.4, -0.2) is 6.10 Å². The molecule has 1 nitrogen and oxygen atoms in total. The third kappa shape index (κ3) is 1.49. The van der Waals surface area contributed by atoms with Crippen molar-refractivity contribution in [1.29, 1.82) is 0 Å². The van der Waals surface area contributed by atoms with E-state index in [1.807, 2.05) is 0 Å². The summed E-state index contributed by atoms with van der Waals surface area (Å²) >= 11 is 0. The predicted octanol–water partition coefficient (Wildman–Crippen LogP) is 3.02. The second kappa shape index (κ2) is 3.15. The normalized spacial score (nSPS) is 27.0. The Morgan fingerprint density at radius 3 is 2.85 bits per heavy atom. The van der Waals surface area contributed by atoms with Crippen LogP contribution >= 0.6 is 0 Å². The van der Waals surface area contributed by atoms with Crippen molar-refractivity contribution >= 4 is 0 Å². The number of rotatable bonds is 0. The largest absolute Gasteiger partial charge is 0.373 e. The smallest absolute Gasteiger partial charge is 0.0723 e. The molecule has 1 heterocycles. The van der Waals surface area contributed by atoms with Gasteiger partial charge >= 0.3 is 0 Å². The molecule has 13 heavy (non-hydrogen) atoms. The maximum absolute atomic E-state index is 5.67. The summed E-state index contributed by atoms with van der Waals surface area (Å²) in [6, 6.07) is 6.67. The Morgan fingerprint density at radius 2 is 2.08 bits per heavy atom. The first-order valence-electron chi connectivity index (χ1n) is 4.89. The van der Waals surface area contributed by atoms with Crippen molar-refractivity contribution in [2.24, 2.45) is 0 Å². The van der Waals surface area contributed by atoms with Crippen LogP contribution in [0.5, 0.6) is 0 Å². The molecule has 1 aromatic carbocycles. The first-order chi connectivity index (χ1) is 6.18. The highest BCUT2D eigenvalue weighted by atomic mass is 16.5. The van der Waals surface area contributed by atoms with Crippen molar-refractivity contribution in [2.45, 2.75) is 39.4 Å². The quantitative estimate of drug-likeness (QED) is 0.590. The van der Waals surface area contributed by atoms with Crippen molar-refractivity contribution in [3.8, 4) is 0 Å². The summed E-state index contributed by atoms with van der Waals surface area (Å²) in [4.78, 5) is 0. The van der Waals surface area contributed by atoms with Crippen LogP contribution in [0.2, 0.25) is 0 Å². The molecule has 0 radical (unpaired) electrons. The van der Waals surface area contributed by atoms with Gasteiger partial charge in [-0.05, 0) is 25.0 Å². The lowest BCUT2D eigenvalue weighted by Crippen LogP contribution is -2.23. The molecular formula is C12H16O. The third-order valence-electron chi connectivity index (χ3n) is 2.99. The molecule has 0 N–H and O–H groups in total. The molecule has 0 amide bonds. The zero-order valence-electron chi connectivity index (χ0n) is 8.50. The molecule has 0 saturated heterocycles. The van der Waals surface area contributed by atoms with E-state index in [1.54, 1.807) is 0 Å². The van der Waals surface area contributed by atoms with Gasteiger partial charge in [0, 0.05) is 5.92 Å². The fraction of sp³-hybridized carbons (Fsp3) is 0.500. The van der Waals surface area contributed by atoms with Crippen LogP contribution in [0, 0.1) is 6.92 Å². The molecule has 70 valence electrons. The second-order valence-corrected chi connectivity index (χ2v) is 4.01. The fourth-order valence-corrected chi connectivity index (χ4v) is 1.92. The minimum atomic E-state index is 0.357. The van der Waals surface area contributed by atoms with Crippen LogP contribution in [0.25, 0.3) is 0 Å². The van der Waals surface area contributed by atoms with Gasteiger partial charge in [-0.2, -0.15) is 0 Å². The maximum atomic E-state index is 5.67. The highest BCUT2D eigenvalue weighted by molar-refractivity contribution is 5.35. The Kier molecular flexibility index (Phi) is 2.12. The lowest BCUT2D eigenvalue weighted by Gasteiger charge is -2.29. The van der Waals surface area contributed by atoms with Gasteiger partial charge in [0.05, 0.1) is 12.7 Å². The third-order valence-corrected chi connectivity index (χ3v) is 2.99. The molecule has 2 unspecified atom stereocenters. The number of aryl methyl sites for hydroxylation is 1. The molecule has 2 rings (SSSR count). The van der Waals surface area contributed by atoms with Gasteiger partial charge in [0.1, 0.15) is 0 Å². The van der Waals surface area contributed by atoms with Gasteiger partial charge in [0.2, 0.25) is 0 Å². The van der Waals surface area contributed by atoms with E-state index in [-0.39, 0.29) is 0 Å². The van der Waals surface area contributed by atoms with Crippen LogP contribution in [-0.2, 0) is 11.3 Å². The average Bonchev–Trinajstić information content (AvgIpc) is 2.12. The number of benzene rings is 1. The maximum Gasteiger partial charge on any atom is 0.0723 e. The summed E-state index contributed by atoms with van der Waals surface area (Å²) in [6.07, 6.45) is 0.357. The summed E-state index contributed by atoms with van der Waals surface area (Å²) in [5.74, 6) is 0.532. The van der Waals surface area contributed by atoms with Crippen LogP contribution < -0.4 is 0 Å². The Bertz CT molecular complexity index is 317. The molecule has 0 aromatic heterocycles. The van der Waals surface area contributed by atoms with E-state index in [0.717, 1.165) is 6.61 Å². The molecule has 0 fully saturated rings. The van der Waals surface area contributed by atoms with Crippen LogP contribution in [0.4, 0.5) is 0 Å². The number of fused-ring (bicyclic) bond motifs is 1. The summed E-state index contributed by atoms with van der Waals surface area (Å²) in [7, 11) is 0. The lowest BCUT2D eigenvalue weighted by atomic mass is 9.89. The SMILES string of the molecule is Cc1ccc2c(c1)COC(C)C2C. The van der Waals surface area contributed by atoms with Crippen molar-refractivity contribution in [3.05, 3.63) is 34.9 Å². The van der Waals surface area contributed by atoms with Crippen molar-refractivity contribution in [2.75, 3.05) is 0 Å². The summed E-state index contributed by atoms with van der Waals surface area (Å²) in [5, 5.41) is 0. The Morgan fingerprint density at radius 1 is 1.31 bits per heavy atom. The molecular weight excluding hydrogens is 160 g/mol. The van der Waals surface area contributed by atoms with E-state index < -0.39 is 0 Å². The standard InChI is InChI=1S/C12H16O/c1-8-4-5-12-9(2)10(3)13-7-11(12)6-8/h4-6,9-10H,7H2,1-3H3. The first-order valence-corrected chi connectivity index (χ1v) is 4.89. The predicted molar refractivity (Wildman–Crippen MR) is 53.8 cm³/mol. The molecule has 1 heteroatoms. The number of hydrogen-bond acceptors (Lipinski definition) is 1. The molecule has 0 bridgehead atoms. The van der Waals surface area contributed by atoms with E-state index in [1.165, 1.54) is 16.7 Å². The van der Waals surface area contributed by atoms with E-state index >= 15 is 0 Å². The van der Waals surface area contributed by atoms with E-state index in [9.17, 15) is 0 Å². The highest BCUT2D eigenvalue weighted by Gasteiger charge is 2.22. The molecule has 0 spiro atoms. The lowest BCUT2D eigenvalue weighted by molar-refractivity contribution is 0.0241. The van der Waals surface area contributed by atoms with Crippen LogP contribution in [0.1, 0.15) is 36.5 Å². The second-order valence-electron chi connectivity index (χ2n) is 4.01. The van der Waals surface area contributed by atoms with Crippen molar-refractivity contribution < 1.29 is 4.74 Å². The molecule has 1 aliphatic heterocycles. The number of ether oxygens (including phenoxy) is 1. The Hall–Kier alpha value is -0.820. The summed E-state index contributed by atoms with van der Waals surface area (Å²) in [6.45, 7) is 7.29. The first kappa shape index (κ1) is 8.76. The minimum absolute atomic E-state index is 0.357. The van der Waals surface area contributed by atoms with Gasteiger partial charge < -0.3 is 4.74 Å². The van der Waals surface area contributed by atoms with Gasteiger partial charge in [-0.3, -0.25) is 0 Å². The topological polar surface area (TPSA) is 9.23 Å². The molecule has 0 saturated carbocycles. The van der Waals surface area contributed by atoms with Gasteiger partial charge in [-0.25, -0.2) is 0 Å². The molecule has 0 aliphatic carbocycles. The summed E-state index contributed by atoms with van der Waals surface area (Å²) < 4.78 is 5.67. The fourth-order valence-electron chi connectivity index (χ4n) is 1.92. The summed E-state index contributed by atoms with van der Waals surface area (Å²) in [5.41, 5.74) is 4.15. The van der Waals surface area contributed by atoms with E-state index in [4.69, 9.17) is 4.74 Å². The zero-order chi connectivity index (χ0) is 9.42. The van der Waals surface area contributed by atoms with Gasteiger partial charge in [-0.15, -0.1) is 0 Å². The Labute approximate surface area is 79.7 Å². The van der Waals surface area contributed by atoms with E-state index in [2.05, 4.69) is 39.0 Å². The molecule has 1 aliphatic rings. The molecule has 1 aromatic rings. The highest BCUT2D eigenvalue weighted by Crippen LogP contribution is 2.31. The molecule has 2 atom stereocenters. The van der Waals surface area contributed by atoms with Gasteiger partial charge in [0.15, 0.2) is 0 Å².